The van der Waals surface area contributed by atoms with Crippen LogP contribution in [0.15, 0.2) is 24.3 Å². The first-order valence-electron chi connectivity index (χ1n) is 4.20. The van der Waals surface area contributed by atoms with Crippen molar-refractivity contribution >= 4 is 17.9 Å². The van der Waals surface area contributed by atoms with Crippen molar-refractivity contribution in [2.24, 2.45) is 5.73 Å². The van der Waals surface area contributed by atoms with Gasteiger partial charge >= 0.3 is 0 Å². The molecule has 0 heterocycles. The molecule has 0 unspecified atom stereocenters. The van der Waals surface area contributed by atoms with Gasteiger partial charge in [-0.25, -0.2) is 0 Å². The smallest absolute Gasteiger partial charge is 0.142 e. The van der Waals surface area contributed by atoms with Gasteiger partial charge in [-0.3, -0.25) is 0 Å². The lowest BCUT2D eigenvalue weighted by Crippen LogP contribution is -2.47. The molecule has 1 atom stereocenters. The topological polar surface area (TPSA) is 63.3 Å². The lowest BCUT2D eigenvalue weighted by molar-refractivity contribution is -0.113. The van der Waals surface area contributed by atoms with E-state index in [4.69, 9.17) is 22.4 Å². The van der Waals surface area contributed by atoms with Gasteiger partial charge in [0.25, 0.3) is 0 Å². The van der Waals surface area contributed by atoms with E-state index < -0.39 is 5.54 Å². The summed E-state index contributed by atoms with van der Waals surface area (Å²) < 4.78 is 0. The Morgan fingerprint density at radius 1 is 1.57 bits per heavy atom. The van der Waals surface area contributed by atoms with Crippen LogP contribution in [0.4, 0.5) is 0 Å². The zero-order valence-corrected chi connectivity index (χ0v) is 8.37. The van der Waals surface area contributed by atoms with Crippen molar-refractivity contribution in [2.75, 3.05) is 6.61 Å². The van der Waals surface area contributed by atoms with Crippen molar-refractivity contribution in [1.82, 2.24) is 0 Å². The third-order valence-corrected chi connectivity index (χ3v) is 2.19. The van der Waals surface area contributed by atoms with E-state index in [1.54, 1.807) is 18.2 Å². The number of hydrogen-bond donors (Lipinski definition) is 2. The monoisotopic (exact) mass is 213 g/mol. The standard InChI is InChI=1S/C10H12ClNO2/c11-9-3-1-2-8(4-9)5-10(12,6-13)7-14/h1-4,6,14H,5,7,12H2/t10-/m1/s1. The number of halogens is 1. The van der Waals surface area contributed by atoms with Gasteiger partial charge in [0.1, 0.15) is 6.29 Å². The molecule has 76 valence electrons. The molecule has 0 amide bonds. The largest absolute Gasteiger partial charge is 0.394 e. The van der Waals surface area contributed by atoms with E-state index in [1.807, 2.05) is 6.07 Å². The molecule has 0 aromatic heterocycles. The van der Waals surface area contributed by atoms with Gasteiger partial charge in [0, 0.05) is 5.02 Å². The molecular formula is C10H12ClNO2. The normalized spacial score (nSPS) is 14.8. The Kier molecular flexibility index (Phi) is 3.63. The van der Waals surface area contributed by atoms with Crippen molar-refractivity contribution in [3.05, 3.63) is 34.9 Å². The summed E-state index contributed by atoms with van der Waals surface area (Å²) in [6.45, 7) is -0.372. The van der Waals surface area contributed by atoms with Gasteiger partial charge in [-0.15, -0.1) is 0 Å². The zero-order valence-electron chi connectivity index (χ0n) is 7.61. The van der Waals surface area contributed by atoms with E-state index in [-0.39, 0.29) is 13.0 Å². The zero-order chi connectivity index (χ0) is 10.6. The highest BCUT2D eigenvalue weighted by atomic mass is 35.5. The number of aliphatic hydroxyl groups excluding tert-OH is 1. The first-order valence-corrected chi connectivity index (χ1v) is 4.58. The Morgan fingerprint density at radius 2 is 2.29 bits per heavy atom. The molecule has 0 saturated carbocycles. The van der Waals surface area contributed by atoms with Crippen LogP contribution < -0.4 is 5.73 Å². The van der Waals surface area contributed by atoms with Crippen LogP contribution in [0.25, 0.3) is 0 Å². The maximum absolute atomic E-state index is 10.6. The number of aliphatic hydroxyl groups is 1. The number of carbonyl (C=O) groups excluding carboxylic acids is 1. The molecule has 3 nitrogen and oxygen atoms in total. The maximum atomic E-state index is 10.6. The number of hydrogen-bond acceptors (Lipinski definition) is 3. The number of nitrogens with two attached hydrogens (primary N) is 1. The van der Waals surface area contributed by atoms with E-state index in [0.29, 0.717) is 11.3 Å². The van der Waals surface area contributed by atoms with Crippen LogP contribution in [-0.4, -0.2) is 23.5 Å². The van der Waals surface area contributed by atoms with Gasteiger partial charge < -0.3 is 15.6 Å². The van der Waals surface area contributed by atoms with E-state index in [9.17, 15) is 4.79 Å². The minimum Gasteiger partial charge on any atom is -0.394 e. The van der Waals surface area contributed by atoms with Crippen molar-refractivity contribution in [3.8, 4) is 0 Å². The van der Waals surface area contributed by atoms with Crippen LogP contribution in [0.5, 0.6) is 0 Å². The molecule has 4 heteroatoms. The van der Waals surface area contributed by atoms with Crippen molar-refractivity contribution in [2.45, 2.75) is 12.0 Å². The van der Waals surface area contributed by atoms with E-state index in [0.717, 1.165) is 5.56 Å². The lowest BCUT2D eigenvalue weighted by Gasteiger charge is -2.19. The second-order valence-corrected chi connectivity index (χ2v) is 3.75. The highest BCUT2D eigenvalue weighted by Gasteiger charge is 2.23. The molecule has 0 spiro atoms. The number of benzene rings is 1. The third kappa shape index (κ3) is 2.80. The maximum Gasteiger partial charge on any atom is 0.142 e. The quantitative estimate of drug-likeness (QED) is 0.727. The molecule has 1 aromatic carbocycles. The van der Waals surface area contributed by atoms with Crippen molar-refractivity contribution in [3.63, 3.8) is 0 Å². The summed E-state index contributed by atoms with van der Waals surface area (Å²) in [4.78, 5) is 10.6. The molecule has 3 N–H and O–H groups in total. The summed E-state index contributed by atoms with van der Waals surface area (Å²) in [7, 11) is 0. The minimum absolute atomic E-state index is 0.285. The predicted octanol–water partition coefficient (Wildman–Crippen LogP) is 0.771. The van der Waals surface area contributed by atoms with Gasteiger partial charge in [-0.05, 0) is 24.1 Å². The highest BCUT2D eigenvalue weighted by molar-refractivity contribution is 6.30. The fourth-order valence-electron chi connectivity index (χ4n) is 1.16. The molecule has 1 rings (SSSR count). The van der Waals surface area contributed by atoms with E-state index >= 15 is 0 Å². The molecule has 14 heavy (non-hydrogen) atoms. The number of aldehydes is 1. The first-order chi connectivity index (χ1) is 6.59. The highest BCUT2D eigenvalue weighted by Crippen LogP contribution is 2.14. The SMILES string of the molecule is N[C@](C=O)(CO)Cc1cccc(Cl)c1. The van der Waals surface area contributed by atoms with Gasteiger partial charge in [0.15, 0.2) is 0 Å². The predicted molar refractivity (Wildman–Crippen MR) is 55.2 cm³/mol. The molecule has 0 aliphatic rings. The summed E-state index contributed by atoms with van der Waals surface area (Å²) in [5, 5.41) is 9.52. The Morgan fingerprint density at radius 3 is 2.79 bits per heavy atom. The molecule has 0 aliphatic heterocycles. The van der Waals surface area contributed by atoms with Gasteiger partial charge in [0.05, 0.1) is 12.1 Å². The second kappa shape index (κ2) is 4.55. The van der Waals surface area contributed by atoms with Crippen LogP contribution in [0.2, 0.25) is 5.02 Å². The molecule has 1 aromatic rings. The number of rotatable bonds is 4. The fraction of sp³-hybridized carbons (Fsp3) is 0.300. The molecule has 0 aliphatic carbocycles. The first kappa shape index (κ1) is 11.2. The van der Waals surface area contributed by atoms with Gasteiger partial charge in [-0.2, -0.15) is 0 Å². The third-order valence-electron chi connectivity index (χ3n) is 1.95. The van der Waals surface area contributed by atoms with Crippen LogP contribution in [-0.2, 0) is 11.2 Å². The van der Waals surface area contributed by atoms with Crippen LogP contribution >= 0.6 is 11.6 Å². The van der Waals surface area contributed by atoms with Crippen LogP contribution in [0, 0.1) is 0 Å². The van der Waals surface area contributed by atoms with E-state index in [1.165, 1.54) is 0 Å². The van der Waals surface area contributed by atoms with Crippen molar-refractivity contribution < 1.29 is 9.90 Å². The minimum atomic E-state index is -1.20. The summed E-state index contributed by atoms with van der Waals surface area (Å²) in [5.74, 6) is 0. The van der Waals surface area contributed by atoms with Crippen molar-refractivity contribution in [1.29, 1.82) is 0 Å². The van der Waals surface area contributed by atoms with Crippen LogP contribution in [0.3, 0.4) is 0 Å². The van der Waals surface area contributed by atoms with Gasteiger partial charge in [-0.1, -0.05) is 23.7 Å². The fourth-order valence-corrected chi connectivity index (χ4v) is 1.37. The summed E-state index contributed by atoms with van der Waals surface area (Å²) >= 11 is 5.77. The molecule has 0 bridgehead atoms. The Balaban J connectivity index is 2.82. The Hall–Kier alpha value is -0.900. The Labute approximate surface area is 87.5 Å². The Bertz CT molecular complexity index is 330. The molecule has 0 radical (unpaired) electrons. The van der Waals surface area contributed by atoms with E-state index in [2.05, 4.69) is 0 Å². The molecular weight excluding hydrogens is 202 g/mol. The second-order valence-electron chi connectivity index (χ2n) is 3.32. The summed E-state index contributed by atoms with van der Waals surface area (Å²) in [6.07, 6.45) is 0.849. The molecule has 0 saturated heterocycles. The van der Waals surface area contributed by atoms with Gasteiger partial charge in [0.2, 0.25) is 0 Å². The average molecular weight is 214 g/mol. The summed E-state index contributed by atoms with van der Waals surface area (Å²) in [6, 6.07) is 7.05. The molecule has 0 fully saturated rings. The summed E-state index contributed by atoms with van der Waals surface area (Å²) in [5.41, 5.74) is 5.25. The lowest BCUT2D eigenvalue weighted by atomic mass is 9.94. The number of carbonyl (C=O) groups is 1. The van der Waals surface area contributed by atoms with Crippen LogP contribution in [0.1, 0.15) is 5.56 Å². The average Bonchev–Trinajstić information content (AvgIpc) is 2.18.